The van der Waals surface area contributed by atoms with Crippen molar-refractivity contribution in [2.45, 2.75) is 43.0 Å². The van der Waals surface area contributed by atoms with Gasteiger partial charge in [-0.3, -0.25) is 4.79 Å². The molecule has 7 heteroatoms. The van der Waals surface area contributed by atoms with Crippen LogP contribution < -0.4 is 0 Å². The Hall–Kier alpha value is -1.12. The number of carbonyl (C=O) groups is 1. The first-order valence-corrected chi connectivity index (χ1v) is 6.66. The molecule has 0 bridgehead atoms. The minimum Gasteiger partial charge on any atom is -0.313 e. The fourth-order valence-electron chi connectivity index (χ4n) is 2.10. The molecule has 1 atom stereocenters. The summed E-state index contributed by atoms with van der Waals surface area (Å²) >= 11 is 11.1. The number of rotatable bonds is 3. The summed E-state index contributed by atoms with van der Waals surface area (Å²) in [6.45, 7) is 0.734. The van der Waals surface area contributed by atoms with Gasteiger partial charge in [0.25, 0.3) is 0 Å². The highest BCUT2D eigenvalue weighted by Gasteiger charge is 2.31. The molecule has 0 fully saturated rings. The summed E-state index contributed by atoms with van der Waals surface area (Å²) in [5, 5.41) is 17.1. The Labute approximate surface area is 115 Å². The number of aromatic nitrogens is 3. The summed E-state index contributed by atoms with van der Waals surface area (Å²) in [6.07, 6.45) is 3.98. The van der Waals surface area contributed by atoms with E-state index in [9.17, 15) is 4.79 Å². The Bertz CT molecular complexity index is 492. The monoisotopic (exact) mass is 286 g/mol. The Kier molecular flexibility index (Phi) is 4.20. The van der Waals surface area contributed by atoms with Crippen LogP contribution in [0.25, 0.3) is 0 Å². The number of carbonyl (C=O) groups excluding carboxylic acids is 1. The van der Waals surface area contributed by atoms with Crippen LogP contribution in [0.1, 0.15) is 36.8 Å². The first-order chi connectivity index (χ1) is 8.65. The number of nitriles is 1. The van der Waals surface area contributed by atoms with E-state index in [-0.39, 0.29) is 0 Å². The third kappa shape index (κ3) is 2.50. The van der Waals surface area contributed by atoms with Gasteiger partial charge < -0.3 is 4.57 Å². The normalized spacial score (nSPS) is 16.8. The van der Waals surface area contributed by atoms with E-state index in [2.05, 4.69) is 10.2 Å². The molecule has 0 aromatic carbocycles. The predicted octanol–water partition coefficient (Wildman–Crippen LogP) is 1.98. The maximum atomic E-state index is 11.8. The first kappa shape index (κ1) is 13.3. The van der Waals surface area contributed by atoms with Crippen LogP contribution in [-0.2, 0) is 17.8 Å². The molecule has 2 heterocycles. The lowest BCUT2D eigenvalue weighted by Gasteiger charge is -2.11. The molecule has 1 aromatic heterocycles. The maximum absolute atomic E-state index is 11.8. The van der Waals surface area contributed by atoms with Crippen LogP contribution in [0.2, 0.25) is 0 Å². The third-order valence-corrected chi connectivity index (χ3v) is 3.46. The van der Waals surface area contributed by atoms with Gasteiger partial charge in [0.1, 0.15) is 5.82 Å². The van der Waals surface area contributed by atoms with E-state index < -0.39 is 16.5 Å². The quantitative estimate of drug-likeness (QED) is 0.797. The van der Waals surface area contributed by atoms with Crippen LogP contribution in [0, 0.1) is 11.3 Å². The minimum atomic E-state index is -1.21. The van der Waals surface area contributed by atoms with E-state index in [1.807, 2.05) is 10.6 Å². The highest BCUT2D eigenvalue weighted by atomic mass is 35.5. The van der Waals surface area contributed by atoms with Gasteiger partial charge >= 0.3 is 0 Å². The van der Waals surface area contributed by atoms with E-state index in [4.69, 9.17) is 28.5 Å². The van der Waals surface area contributed by atoms with Crippen molar-refractivity contribution < 1.29 is 4.79 Å². The number of ketones is 1. The standard InChI is InChI=1S/C11H12Cl2N4O/c12-10(13)9(18)7(6-14)11-16-15-8-4-2-1-3-5-17(8)11/h7,10H,1-5H2/t7-/m1/s1. The van der Waals surface area contributed by atoms with E-state index in [0.717, 1.165) is 38.1 Å². The van der Waals surface area contributed by atoms with Crippen molar-refractivity contribution in [2.75, 3.05) is 0 Å². The molecule has 0 aliphatic carbocycles. The second-order valence-corrected chi connectivity index (χ2v) is 5.30. The zero-order valence-electron chi connectivity index (χ0n) is 9.64. The van der Waals surface area contributed by atoms with Crippen LogP contribution in [0.15, 0.2) is 0 Å². The highest BCUT2D eigenvalue weighted by Crippen LogP contribution is 2.23. The molecule has 2 rings (SSSR count). The molecule has 0 unspecified atom stereocenters. The number of hydrogen-bond donors (Lipinski definition) is 0. The van der Waals surface area contributed by atoms with Crippen molar-refractivity contribution >= 4 is 29.0 Å². The summed E-state index contributed by atoms with van der Waals surface area (Å²) in [4.78, 5) is 10.6. The molecule has 0 amide bonds. The zero-order chi connectivity index (χ0) is 13.1. The summed E-state index contributed by atoms with van der Waals surface area (Å²) in [6, 6.07) is 1.91. The lowest BCUT2D eigenvalue weighted by atomic mass is 10.1. The molecule has 1 aliphatic heterocycles. The number of fused-ring (bicyclic) bond motifs is 1. The molecule has 5 nitrogen and oxygen atoms in total. The maximum Gasteiger partial charge on any atom is 0.190 e. The lowest BCUT2D eigenvalue weighted by Crippen LogP contribution is -2.21. The number of Topliss-reactive ketones (excluding diaryl/α,β-unsaturated/α-hetero) is 1. The zero-order valence-corrected chi connectivity index (χ0v) is 11.2. The summed E-state index contributed by atoms with van der Waals surface area (Å²) < 4.78 is 1.86. The fraction of sp³-hybridized carbons (Fsp3) is 0.636. The van der Waals surface area contributed by atoms with Gasteiger partial charge in [-0.1, -0.05) is 29.6 Å². The van der Waals surface area contributed by atoms with Gasteiger partial charge in [0.15, 0.2) is 22.4 Å². The van der Waals surface area contributed by atoms with Gasteiger partial charge in [-0.25, -0.2) is 0 Å². The van der Waals surface area contributed by atoms with Gasteiger partial charge in [-0.15, -0.1) is 10.2 Å². The van der Waals surface area contributed by atoms with Gasteiger partial charge in [0.2, 0.25) is 0 Å². The van der Waals surface area contributed by atoms with Crippen LogP contribution in [-0.4, -0.2) is 25.4 Å². The molecule has 96 valence electrons. The van der Waals surface area contributed by atoms with Crippen molar-refractivity contribution in [1.29, 1.82) is 5.26 Å². The SMILES string of the molecule is N#C[C@H](C(=O)C(Cl)Cl)c1nnc2n1CCCCC2. The molecule has 1 aliphatic rings. The van der Waals surface area contributed by atoms with Gasteiger partial charge in [-0.05, 0) is 12.8 Å². The molecule has 0 saturated carbocycles. The van der Waals surface area contributed by atoms with Gasteiger partial charge in [0, 0.05) is 13.0 Å². The fourth-order valence-corrected chi connectivity index (χ4v) is 2.35. The molecule has 0 spiro atoms. The predicted molar refractivity (Wildman–Crippen MR) is 66.4 cm³/mol. The Balaban J connectivity index is 2.35. The second kappa shape index (κ2) is 5.68. The van der Waals surface area contributed by atoms with Crippen molar-refractivity contribution in [2.24, 2.45) is 0 Å². The van der Waals surface area contributed by atoms with Gasteiger partial charge in [0.05, 0.1) is 6.07 Å². The second-order valence-electron chi connectivity index (χ2n) is 4.20. The lowest BCUT2D eigenvalue weighted by molar-refractivity contribution is -0.117. The Morgan fingerprint density at radius 3 is 2.78 bits per heavy atom. The van der Waals surface area contributed by atoms with Crippen molar-refractivity contribution in [3.05, 3.63) is 11.6 Å². The van der Waals surface area contributed by atoms with Crippen molar-refractivity contribution in [1.82, 2.24) is 14.8 Å². The summed E-state index contributed by atoms with van der Waals surface area (Å²) in [5.41, 5.74) is 0. The number of hydrogen-bond acceptors (Lipinski definition) is 4. The first-order valence-electron chi connectivity index (χ1n) is 5.78. The van der Waals surface area contributed by atoms with E-state index in [1.54, 1.807) is 0 Å². The number of aryl methyl sites for hydroxylation is 1. The van der Waals surface area contributed by atoms with Crippen LogP contribution in [0.4, 0.5) is 0 Å². The smallest absolute Gasteiger partial charge is 0.190 e. The molecule has 0 radical (unpaired) electrons. The average Bonchev–Trinajstić information content (AvgIpc) is 2.60. The largest absolute Gasteiger partial charge is 0.313 e. The van der Waals surface area contributed by atoms with E-state index in [1.165, 1.54) is 0 Å². The topological polar surface area (TPSA) is 71.6 Å². The Morgan fingerprint density at radius 2 is 2.11 bits per heavy atom. The number of alkyl halides is 2. The Morgan fingerprint density at radius 1 is 1.33 bits per heavy atom. The summed E-state index contributed by atoms with van der Waals surface area (Å²) in [7, 11) is 0. The number of halogens is 2. The number of nitrogens with zero attached hydrogens (tertiary/aromatic N) is 4. The molecule has 18 heavy (non-hydrogen) atoms. The molecule has 0 N–H and O–H groups in total. The van der Waals surface area contributed by atoms with E-state index >= 15 is 0 Å². The summed E-state index contributed by atoms with van der Waals surface area (Å²) in [5.74, 6) is -0.383. The highest BCUT2D eigenvalue weighted by molar-refractivity contribution is 6.54. The van der Waals surface area contributed by atoms with Gasteiger partial charge in [-0.2, -0.15) is 5.26 Å². The molecular formula is C11H12Cl2N4O. The van der Waals surface area contributed by atoms with Crippen molar-refractivity contribution in [3.63, 3.8) is 0 Å². The molecule has 1 aromatic rings. The molecule has 0 saturated heterocycles. The van der Waals surface area contributed by atoms with Crippen LogP contribution in [0.3, 0.4) is 0 Å². The van der Waals surface area contributed by atoms with Crippen LogP contribution in [0.5, 0.6) is 0 Å². The molecular weight excluding hydrogens is 275 g/mol. The minimum absolute atomic E-state index is 0.366. The van der Waals surface area contributed by atoms with E-state index in [0.29, 0.717) is 5.82 Å². The van der Waals surface area contributed by atoms with Crippen LogP contribution >= 0.6 is 23.2 Å². The average molecular weight is 287 g/mol. The van der Waals surface area contributed by atoms with Crippen molar-refractivity contribution in [3.8, 4) is 6.07 Å². The third-order valence-electron chi connectivity index (χ3n) is 3.03.